The van der Waals surface area contributed by atoms with Crippen LogP contribution in [0.4, 0.5) is 0 Å². The highest BCUT2D eigenvalue weighted by atomic mass is 32.1. The van der Waals surface area contributed by atoms with Gasteiger partial charge in [-0.3, -0.25) is 4.90 Å². The van der Waals surface area contributed by atoms with E-state index in [0.29, 0.717) is 5.92 Å². The van der Waals surface area contributed by atoms with Gasteiger partial charge in [-0.25, -0.2) is 0 Å². The van der Waals surface area contributed by atoms with Crippen LogP contribution in [0.3, 0.4) is 0 Å². The summed E-state index contributed by atoms with van der Waals surface area (Å²) in [4.78, 5) is 4.00. The fraction of sp³-hybridized carbons (Fsp3) is 0.625. The third kappa shape index (κ3) is 2.64. The number of thiophene rings is 1. The molecule has 1 saturated heterocycles. The van der Waals surface area contributed by atoms with Crippen molar-refractivity contribution < 1.29 is 0 Å². The highest BCUT2D eigenvalue weighted by Gasteiger charge is 2.28. The van der Waals surface area contributed by atoms with Crippen molar-refractivity contribution in [2.24, 2.45) is 0 Å². The molecule has 4 heterocycles. The largest absolute Gasteiger partial charge is 0.315 e. The molecular formula is C16H22N4S. The number of nitrogens with zero attached hydrogens (tertiary/aromatic N) is 4. The summed E-state index contributed by atoms with van der Waals surface area (Å²) in [6, 6.07) is 2.32. The molecule has 2 aromatic rings. The Morgan fingerprint density at radius 3 is 3.10 bits per heavy atom. The van der Waals surface area contributed by atoms with Crippen LogP contribution in [0.25, 0.3) is 0 Å². The molecule has 4 rings (SSSR count). The van der Waals surface area contributed by atoms with Crippen LogP contribution in [0, 0.1) is 6.92 Å². The summed E-state index contributed by atoms with van der Waals surface area (Å²) < 4.78 is 2.38. The van der Waals surface area contributed by atoms with Crippen molar-refractivity contribution in [1.29, 1.82) is 0 Å². The van der Waals surface area contributed by atoms with Crippen LogP contribution in [0.15, 0.2) is 11.4 Å². The van der Waals surface area contributed by atoms with Gasteiger partial charge in [0, 0.05) is 36.9 Å². The van der Waals surface area contributed by atoms with Crippen molar-refractivity contribution in [2.45, 2.75) is 51.6 Å². The van der Waals surface area contributed by atoms with E-state index in [0.717, 1.165) is 26.1 Å². The van der Waals surface area contributed by atoms with E-state index in [2.05, 4.69) is 38.0 Å². The molecule has 0 bridgehead atoms. The van der Waals surface area contributed by atoms with E-state index < -0.39 is 0 Å². The summed E-state index contributed by atoms with van der Waals surface area (Å²) in [5.41, 5.74) is 1.46. The van der Waals surface area contributed by atoms with Gasteiger partial charge in [-0.1, -0.05) is 0 Å². The smallest absolute Gasteiger partial charge is 0.137 e. The van der Waals surface area contributed by atoms with E-state index in [1.807, 2.05) is 11.3 Å². The van der Waals surface area contributed by atoms with Crippen LogP contribution in [0.5, 0.6) is 0 Å². The van der Waals surface area contributed by atoms with Crippen LogP contribution >= 0.6 is 11.3 Å². The lowest BCUT2D eigenvalue weighted by atomic mass is 9.97. The predicted octanol–water partition coefficient (Wildman–Crippen LogP) is 2.97. The summed E-state index contributed by atoms with van der Waals surface area (Å²) in [6.07, 6.45) is 4.88. The summed E-state index contributed by atoms with van der Waals surface area (Å²) in [6.45, 7) is 6.74. The monoisotopic (exact) mass is 302 g/mol. The van der Waals surface area contributed by atoms with Crippen LogP contribution in [-0.4, -0.2) is 32.8 Å². The standard InChI is InChI=1S/C16H22N4S/c1-12-8-13(11-21-12)9-19-6-2-4-14(10-19)16-18-17-15-5-3-7-20(15)16/h8,11,14H,2-7,9-10H2,1H3/t14-/m0/s1. The zero-order valence-electron chi connectivity index (χ0n) is 12.6. The van der Waals surface area contributed by atoms with E-state index in [1.165, 1.54) is 47.9 Å². The molecule has 112 valence electrons. The van der Waals surface area contributed by atoms with Crippen molar-refractivity contribution in [3.05, 3.63) is 33.5 Å². The van der Waals surface area contributed by atoms with Crippen LogP contribution in [0.2, 0.25) is 0 Å². The third-order valence-electron chi connectivity index (χ3n) is 4.70. The van der Waals surface area contributed by atoms with Crippen molar-refractivity contribution in [2.75, 3.05) is 13.1 Å². The molecule has 2 aromatic heterocycles. The molecule has 0 aromatic carbocycles. The minimum atomic E-state index is 0.567. The lowest BCUT2D eigenvalue weighted by Gasteiger charge is -2.32. The Hall–Kier alpha value is -1.20. The number of likely N-dealkylation sites (tertiary alicyclic amines) is 1. The highest BCUT2D eigenvalue weighted by molar-refractivity contribution is 7.10. The molecule has 0 spiro atoms. The average Bonchev–Trinajstić information content (AvgIpc) is 3.16. The zero-order chi connectivity index (χ0) is 14.2. The van der Waals surface area contributed by atoms with Crippen molar-refractivity contribution in [1.82, 2.24) is 19.7 Å². The second-order valence-electron chi connectivity index (χ2n) is 6.37. The molecular weight excluding hydrogens is 280 g/mol. The molecule has 2 aliphatic rings. The first-order valence-corrected chi connectivity index (χ1v) is 8.86. The molecule has 0 aliphatic carbocycles. The second kappa shape index (κ2) is 5.54. The SMILES string of the molecule is Cc1cc(CN2CCC[C@H](c3nnc4n3CCC4)C2)cs1. The number of rotatable bonds is 3. The maximum Gasteiger partial charge on any atom is 0.137 e. The summed E-state index contributed by atoms with van der Waals surface area (Å²) in [7, 11) is 0. The van der Waals surface area contributed by atoms with E-state index in [-0.39, 0.29) is 0 Å². The van der Waals surface area contributed by atoms with Gasteiger partial charge in [0.25, 0.3) is 0 Å². The summed E-state index contributed by atoms with van der Waals surface area (Å²) in [5, 5.41) is 11.2. The number of hydrogen-bond donors (Lipinski definition) is 0. The summed E-state index contributed by atoms with van der Waals surface area (Å²) in [5.74, 6) is 3.02. The Balaban J connectivity index is 1.47. The van der Waals surface area contributed by atoms with Gasteiger partial charge in [0.1, 0.15) is 11.6 Å². The molecule has 0 unspecified atom stereocenters. The van der Waals surface area contributed by atoms with Crippen LogP contribution in [0.1, 0.15) is 47.3 Å². The predicted molar refractivity (Wildman–Crippen MR) is 84.7 cm³/mol. The fourth-order valence-electron chi connectivity index (χ4n) is 3.72. The molecule has 2 aliphatic heterocycles. The van der Waals surface area contributed by atoms with Gasteiger partial charge in [0.05, 0.1) is 0 Å². The number of fused-ring (bicyclic) bond motifs is 1. The van der Waals surface area contributed by atoms with Crippen molar-refractivity contribution in [3.8, 4) is 0 Å². The first kappa shape index (κ1) is 13.5. The van der Waals surface area contributed by atoms with Gasteiger partial charge in [0.15, 0.2) is 0 Å². The van der Waals surface area contributed by atoms with E-state index in [4.69, 9.17) is 0 Å². The van der Waals surface area contributed by atoms with Crippen LogP contribution in [-0.2, 0) is 19.5 Å². The van der Waals surface area contributed by atoms with Crippen molar-refractivity contribution >= 4 is 11.3 Å². The van der Waals surface area contributed by atoms with Gasteiger partial charge < -0.3 is 4.57 Å². The number of piperidine rings is 1. The quantitative estimate of drug-likeness (QED) is 0.874. The molecule has 21 heavy (non-hydrogen) atoms. The molecule has 1 atom stereocenters. The molecule has 4 nitrogen and oxygen atoms in total. The lowest BCUT2D eigenvalue weighted by Crippen LogP contribution is -2.34. The Kier molecular flexibility index (Phi) is 3.55. The normalized spacial score (nSPS) is 22.6. The van der Waals surface area contributed by atoms with E-state index in [1.54, 1.807) is 0 Å². The molecule has 0 amide bonds. The first-order valence-electron chi connectivity index (χ1n) is 7.98. The average molecular weight is 302 g/mol. The topological polar surface area (TPSA) is 34.0 Å². The zero-order valence-corrected chi connectivity index (χ0v) is 13.4. The van der Waals surface area contributed by atoms with Gasteiger partial charge in [-0.2, -0.15) is 0 Å². The number of aromatic nitrogens is 3. The van der Waals surface area contributed by atoms with Crippen molar-refractivity contribution in [3.63, 3.8) is 0 Å². The Morgan fingerprint density at radius 2 is 2.24 bits per heavy atom. The van der Waals surface area contributed by atoms with Gasteiger partial charge in [0.2, 0.25) is 0 Å². The van der Waals surface area contributed by atoms with Crippen LogP contribution < -0.4 is 0 Å². The second-order valence-corrected chi connectivity index (χ2v) is 7.48. The Morgan fingerprint density at radius 1 is 1.29 bits per heavy atom. The van der Waals surface area contributed by atoms with Gasteiger partial charge in [-0.05, 0) is 49.7 Å². The maximum absolute atomic E-state index is 4.50. The highest BCUT2D eigenvalue weighted by Crippen LogP contribution is 2.29. The Bertz CT molecular complexity index is 630. The lowest BCUT2D eigenvalue weighted by molar-refractivity contribution is 0.195. The van der Waals surface area contributed by atoms with Gasteiger partial charge >= 0.3 is 0 Å². The first-order chi connectivity index (χ1) is 10.3. The number of hydrogen-bond acceptors (Lipinski definition) is 4. The minimum absolute atomic E-state index is 0.567. The third-order valence-corrected chi connectivity index (χ3v) is 5.61. The van der Waals surface area contributed by atoms with E-state index >= 15 is 0 Å². The molecule has 0 N–H and O–H groups in total. The Labute approximate surface area is 129 Å². The molecule has 5 heteroatoms. The minimum Gasteiger partial charge on any atom is -0.315 e. The number of aryl methyl sites for hydroxylation is 2. The maximum atomic E-state index is 4.50. The molecule has 1 fully saturated rings. The summed E-state index contributed by atoms with van der Waals surface area (Å²) >= 11 is 1.85. The fourth-order valence-corrected chi connectivity index (χ4v) is 4.42. The van der Waals surface area contributed by atoms with E-state index in [9.17, 15) is 0 Å². The van der Waals surface area contributed by atoms with Gasteiger partial charge in [-0.15, -0.1) is 21.5 Å². The molecule has 0 radical (unpaired) electrons. The molecule has 0 saturated carbocycles.